The van der Waals surface area contributed by atoms with Gasteiger partial charge in [0, 0.05) is 10.6 Å². The first-order chi connectivity index (χ1) is 9.78. The van der Waals surface area contributed by atoms with Crippen LogP contribution in [0.4, 0.5) is 0 Å². The van der Waals surface area contributed by atoms with E-state index < -0.39 is 0 Å². The molecule has 0 aliphatic carbocycles. The van der Waals surface area contributed by atoms with Crippen molar-refractivity contribution in [3.8, 4) is 28.9 Å². The van der Waals surface area contributed by atoms with Crippen LogP contribution in [-0.4, -0.2) is 15.2 Å². The molecule has 2 heterocycles. The van der Waals surface area contributed by atoms with E-state index in [1.54, 1.807) is 36.4 Å². The Labute approximate surface area is 119 Å². The Morgan fingerprint density at radius 2 is 1.90 bits per heavy atom. The van der Waals surface area contributed by atoms with Gasteiger partial charge >= 0.3 is 0 Å². The Morgan fingerprint density at radius 1 is 1.10 bits per heavy atom. The van der Waals surface area contributed by atoms with E-state index in [2.05, 4.69) is 15.2 Å². The molecule has 0 aliphatic rings. The average molecular weight is 283 g/mol. The van der Waals surface area contributed by atoms with Gasteiger partial charge in [-0.2, -0.15) is 5.26 Å². The zero-order valence-electron chi connectivity index (χ0n) is 10.1. The summed E-state index contributed by atoms with van der Waals surface area (Å²) in [6.45, 7) is 0. The number of halogens is 1. The zero-order valence-corrected chi connectivity index (χ0v) is 10.9. The van der Waals surface area contributed by atoms with E-state index in [-0.39, 0.29) is 11.5 Å². The summed E-state index contributed by atoms with van der Waals surface area (Å²) < 4.78 is 5.19. The van der Waals surface area contributed by atoms with Crippen molar-refractivity contribution in [1.82, 2.24) is 15.2 Å². The normalized spacial score (nSPS) is 10.2. The Morgan fingerprint density at radius 3 is 2.55 bits per heavy atom. The van der Waals surface area contributed by atoms with Gasteiger partial charge in [0.1, 0.15) is 11.8 Å². The van der Waals surface area contributed by atoms with Crippen LogP contribution in [0.15, 0.2) is 47.1 Å². The van der Waals surface area contributed by atoms with Gasteiger partial charge in [-0.15, -0.1) is 10.2 Å². The van der Waals surface area contributed by atoms with Crippen LogP contribution in [0.1, 0.15) is 5.69 Å². The van der Waals surface area contributed by atoms with Gasteiger partial charge in [0.2, 0.25) is 5.82 Å². The fraction of sp³-hybridized carbons (Fsp3) is 0. The maximum absolute atomic E-state index is 9.22. The standard InChI is InChI=1S/C14H7ClN4O/c15-10-5-3-9(4-6-10)13-11(8-16)17-14(19-18-13)12-2-1-7-20-12/h1-7H. The van der Waals surface area contributed by atoms with Crippen molar-refractivity contribution in [1.29, 1.82) is 5.26 Å². The molecule has 0 N–H and O–H groups in total. The van der Waals surface area contributed by atoms with E-state index >= 15 is 0 Å². The molecule has 2 aromatic heterocycles. The molecule has 20 heavy (non-hydrogen) atoms. The molecule has 0 bridgehead atoms. The first-order valence-corrected chi connectivity index (χ1v) is 6.10. The minimum absolute atomic E-state index is 0.189. The summed E-state index contributed by atoms with van der Waals surface area (Å²) in [5.41, 5.74) is 1.34. The number of furan rings is 1. The molecule has 5 nitrogen and oxygen atoms in total. The SMILES string of the molecule is N#Cc1nc(-c2ccco2)nnc1-c1ccc(Cl)cc1. The second-order valence-corrected chi connectivity index (χ2v) is 4.37. The van der Waals surface area contributed by atoms with Crippen LogP contribution in [0.2, 0.25) is 5.02 Å². The molecule has 0 radical (unpaired) electrons. The van der Waals surface area contributed by atoms with Gasteiger partial charge in [-0.3, -0.25) is 0 Å². The lowest BCUT2D eigenvalue weighted by molar-refractivity contribution is 0.575. The van der Waals surface area contributed by atoms with Crippen molar-refractivity contribution in [3.63, 3.8) is 0 Å². The number of hydrogen-bond donors (Lipinski definition) is 0. The first kappa shape index (κ1) is 12.3. The Bertz CT molecular complexity index is 776. The van der Waals surface area contributed by atoms with Gasteiger partial charge in [0.15, 0.2) is 11.5 Å². The van der Waals surface area contributed by atoms with Crippen LogP contribution < -0.4 is 0 Å². The van der Waals surface area contributed by atoms with Crippen LogP contribution in [0.3, 0.4) is 0 Å². The highest BCUT2D eigenvalue weighted by Gasteiger charge is 2.13. The Hall–Kier alpha value is -2.71. The molecule has 0 amide bonds. The number of hydrogen-bond acceptors (Lipinski definition) is 5. The topological polar surface area (TPSA) is 75.6 Å². The number of rotatable bonds is 2. The van der Waals surface area contributed by atoms with Crippen molar-refractivity contribution in [2.75, 3.05) is 0 Å². The molecule has 0 saturated carbocycles. The van der Waals surface area contributed by atoms with E-state index in [9.17, 15) is 5.26 Å². The van der Waals surface area contributed by atoms with Crippen LogP contribution in [0, 0.1) is 11.3 Å². The fourth-order valence-corrected chi connectivity index (χ4v) is 1.84. The van der Waals surface area contributed by atoms with E-state index in [4.69, 9.17) is 16.0 Å². The first-order valence-electron chi connectivity index (χ1n) is 5.72. The summed E-state index contributed by atoms with van der Waals surface area (Å²) in [5, 5.41) is 17.9. The predicted octanol–water partition coefficient (Wildman–Crippen LogP) is 3.32. The third-order valence-corrected chi connectivity index (χ3v) is 2.90. The molecule has 0 unspecified atom stereocenters. The lowest BCUT2D eigenvalue weighted by Crippen LogP contribution is -1.99. The maximum atomic E-state index is 9.22. The van der Waals surface area contributed by atoms with Gasteiger partial charge in [-0.05, 0) is 24.3 Å². The van der Waals surface area contributed by atoms with E-state index in [1.807, 2.05) is 6.07 Å². The zero-order chi connectivity index (χ0) is 13.9. The van der Waals surface area contributed by atoms with E-state index in [1.165, 1.54) is 6.26 Å². The molecule has 1 aromatic carbocycles. The fourth-order valence-electron chi connectivity index (χ4n) is 1.72. The summed E-state index contributed by atoms with van der Waals surface area (Å²) >= 11 is 5.84. The maximum Gasteiger partial charge on any atom is 0.218 e. The summed E-state index contributed by atoms with van der Waals surface area (Å²) in [5.74, 6) is 0.751. The monoisotopic (exact) mass is 282 g/mol. The second kappa shape index (κ2) is 5.11. The van der Waals surface area contributed by atoms with Crippen molar-refractivity contribution in [2.45, 2.75) is 0 Å². The summed E-state index contributed by atoms with van der Waals surface area (Å²) in [6, 6.07) is 12.4. The summed E-state index contributed by atoms with van der Waals surface area (Å²) in [4.78, 5) is 4.17. The molecule has 3 aromatic rings. The number of nitriles is 1. The Kier molecular flexibility index (Phi) is 3.15. The van der Waals surface area contributed by atoms with E-state index in [0.29, 0.717) is 16.5 Å². The van der Waals surface area contributed by atoms with Crippen LogP contribution in [0.25, 0.3) is 22.8 Å². The summed E-state index contributed by atoms with van der Waals surface area (Å²) in [7, 11) is 0. The average Bonchev–Trinajstić information content (AvgIpc) is 3.02. The van der Waals surface area contributed by atoms with Gasteiger partial charge in [0.05, 0.1) is 6.26 Å². The smallest absolute Gasteiger partial charge is 0.218 e. The molecule has 6 heteroatoms. The molecule has 0 aliphatic heterocycles. The molecular weight excluding hydrogens is 276 g/mol. The number of nitrogens with zero attached hydrogens (tertiary/aromatic N) is 4. The third-order valence-electron chi connectivity index (χ3n) is 2.65. The molecule has 0 atom stereocenters. The lowest BCUT2D eigenvalue weighted by atomic mass is 10.1. The third kappa shape index (κ3) is 2.25. The molecular formula is C14H7ClN4O. The van der Waals surface area contributed by atoms with Crippen LogP contribution in [0.5, 0.6) is 0 Å². The van der Waals surface area contributed by atoms with Gasteiger partial charge < -0.3 is 4.42 Å². The highest BCUT2D eigenvalue weighted by Crippen LogP contribution is 2.23. The number of benzene rings is 1. The van der Waals surface area contributed by atoms with E-state index in [0.717, 1.165) is 5.56 Å². The van der Waals surface area contributed by atoms with Crippen LogP contribution >= 0.6 is 11.6 Å². The minimum Gasteiger partial charge on any atom is -0.461 e. The van der Waals surface area contributed by atoms with Gasteiger partial charge in [-0.1, -0.05) is 23.7 Å². The predicted molar refractivity (Wildman–Crippen MR) is 72.7 cm³/mol. The highest BCUT2D eigenvalue weighted by atomic mass is 35.5. The van der Waals surface area contributed by atoms with Gasteiger partial charge in [0.25, 0.3) is 0 Å². The van der Waals surface area contributed by atoms with Crippen molar-refractivity contribution in [2.24, 2.45) is 0 Å². The molecule has 0 saturated heterocycles. The highest BCUT2D eigenvalue weighted by molar-refractivity contribution is 6.30. The summed E-state index contributed by atoms with van der Waals surface area (Å²) in [6.07, 6.45) is 1.51. The molecule has 0 fully saturated rings. The molecule has 0 spiro atoms. The van der Waals surface area contributed by atoms with Crippen molar-refractivity contribution < 1.29 is 4.42 Å². The lowest BCUT2D eigenvalue weighted by Gasteiger charge is -2.03. The number of aromatic nitrogens is 3. The second-order valence-electron chi connectivity index (χ2n) is 3.93. The quantitative estimate of drug-likeness (QED) is 0.720. The Balaban J connectivity index is 2.09. The van der Waals surface area contributed by atoms with Crippen molar-refractivity contribution in [3.05, 3.63) is 53.4 Å². The van der Waals surface area contributed by atoms with Crippen molar-refractivity contribution >= 4 is 11.6 Å². The van der Waals surface area contributed by atoms with Gasteiger partial charge in [-0.25, -0.2) is 4.98 Å². The molecule has 96 valence electrons. The largest absolute Gasteiger partial charge is 0.461 e. The minimum atomic E-state index is 0.189. The van der Waals surface area contributed by atoms with Crippen LogP contribution in [-0.2, 0) is 0 Å². The molecule has 3 rings (SSSR count).